The predicted octanol–water partition coefficient (Wildman–Crippen LogP) is 0.0864. The standard InChI is InChI=1S/C3H6O.C2H7N.C2H6O2S.C2H6OS/c1-3(2)4;1-3-2;1-5(2,3)4;1-4(2)3/h1-2H3;3H,1-2H3;1-2H3;1-2H3. The van der Waals surface area contributed by atoms with E-state index in [1.54, 1.807) is 12.5 Å². The summed E-state index contributed by atoms with van der Waals surface area (Å²) in [5, 5.41) is 2.75. The van der Waals surface area contributed by atoms with Crippen molar-refractivity contribution in [1.29, 1.82) is 0 Å². The summed E-state index contributed by atoms with van der Waals surface area (Å²) in [5.41, 5.74) is 0. The molecular formula is C9H25NO4S2. The molecule has 0 atom stereocenters. The summed E-state index contributed by atoms with van der Waals surface area (Å²) in [5.74, 6) is 0.167. The molecule has 0 heterocycles. The minimum atomic E-state index is -2.67. The van der Waals surface area contributed by atoms with Crippen LogP contribution in [0, 0.1) is 0 Å². The van der Waals surface area contributed by atoms with E-state index in [1.807, 2.05) is 14.1 Å². The molecule has 0 spiro atoms. The van der Waals surface area contributed by atoms with Gasteiger partial charge in [0.2, 0.25) is 0 Å². The van der Waals surface area contributed by atoms with Crippen LogP contribution in [0.15, 0.2) is 0 Å². The molecule has 0 saturated heterocycles. The van der Waals surface area contributed by atoms with Crippen LogP contribution in [0.5, 0.6) is 0 Å². The molecular weight excluding hydrogens is 250 g/mol. The van der Waals surface area contributed by atoms with E-state index in [4.69, 9.17) is 0 Å². The molecule has 0 unspecified atom stereocenters. The Bertz CT molecular complexity index is 233. The van der Waals surface area contributed by atoms with Gasteiger partial charge in [-0.15, -0.1) is 0 Å². The highest BCUT2D eigenvalue weighted by Gasteiger charge is 1.79. The first-order valence-corrected chi connectivity index (χ1v) is 8.60. The van der Waals surface area contributed by atoms with Gasteiger partial charge in [-0.3, -0.25) is 4.21 Å². The van der Waals surface area contributed by atoms with Gasteiger partial charge in [0.25, 0.3) is 0 Å². The van der Waals surface area contributed by atoms with Gasteiger partial charge in [-0.1, -0.05) is 0 Å². The van der Waals surface area contributed by atoms with Crippen LogP contribution in [0.1, 0.15) is 13.8 Å². The number of hydrogen-bond acceptors (Lipinski definition) is 5. The van der Waals surface area contributed by atoms with Crippen LogP contribution in [0.4, 0.5) is 0 Å². The molecule has 16 heavy (non-hydrogen) atoms. The normalized spacial score (nSPS) is 8.56. The first kappa shape index (κ1) is 24.8. The molecule has 102 valence electrons. The van der Waals surface area contributed by atoms with Gasteiger partial charge in [-0.2, -0.15) is 0 Å². The average molecular weight is 275 g/mol. The van der Waals surface area contributed by atoms with Gasteiger partial charge in [0, 0.05) is 35.8 Å². The van der Waals surface area contributed by atoms with E-state index < -0.39 is 20.6 Å². The van der Waals surface area contributed by atoms with E-state index in [2.05, 4.69) is 5.32 Å². The Hall–Kier alpha value is -0.270. The predicted molar refractivity (Wildman–Crippen MR) is 72.1 cm³/mol. The van der Waals surface area contributed by atoms with Crippen LogP contribution >= 0.6 is 0 Å². The van der Waals surface area contributed by atoms with Crippen molar-refractivity contribution >= 4 is 26.4 Å². The molecule has 1 N–H and O–H groups in total. The lowest BCUT2D eigenvalue weighted by molar-refractivity contribution is -0.114. The minimum Gasteiger partial charge on any atom is -0.323 e. The molecule has 7 heteroatoms. The van der Waals surface area contributed by atoms with Crippen molar-refractivity contribution in [2.75, 3.05) is 39.1 Å². The maximum atomic E-state index is 9.63. The highest BCUT2D eigenvalue weighted by Crippen LogP contribution is 1.61. The Morgan fingerprint density at radius 1 is 1.06 bits per heavy atom. The first-order valence-electron chi connectivity index (χ1n) is 4.34. The van der Waals surface area contributed by atoms with Crippen molar-refractivity contribution in [3.8, 4) is 0 Å². The quantitative estimate of drug-likeness (QED) is 0.677. The molecule has 0 aliphatic rings. The van der Waals surface area contributed by atoms with E-state index in [0.29, 0.717) is 0 Å². The van der Waals surface area contributed by atoms with Crippen molar-refractivity contribution in [2.24, 2.45) is 0 Å². The lowest BCUT2D eigenvalue weighted by atomic mass is 10.6. The Balaban J connectivity index is -0.0000000610. The van der Waals surface area contributed by atoms with Crippen LogP contribution in [0.2, 0.25) is 0 Å². The Labute approximate surface area is 102 Å². The van der Waals surface area contributed by atoms with Gasteiger partial charge in [0.1, 0.15) is 15.6 Å². The van der Waals surface area contributed by atoms with Crippen LogP contribution in [0.25, 0.3) is 0 Å². The van der Waals surface area contributed by atoms with Gasteiger partial charge in [0.15, 0.2) is 0 Å². The lowest BCUT2D eigenvalue weighted by Crippen LogP contribution is -1.89. The summed E-state index contributed by atoms with van der Waals surface area (Å²) in [7, 11) is 0.472. The van der Waals surface area contributed by atoms with Crippen LogP contribution < -0.4 is 5.32 Å². The number of carbonyl (C=O) groups is 1. The molecule has 0 amide bonds. The summed E-state index contributed by atoms with van der Waals surface area (Å²) in [6.07, 6.45) is 5.60. The van der Waals surface area contributed by atoms with E-state index in [9.17, 15) is 17.4 Å². The van der Waals surface area contributed by atoms with E-state index in [1.165, 1.54) is 13.8 Å². The topological polar surface area (TPSA) is 80.3 Å². The first-order chi connectivity index (χ1) is 6.88. The zero-order valence-corrected chi connectivity index (χ0v) is 13.1. The maximum Gasteiger partial charge on any atom is 0.144 e. The highest BCUT2D eigenvalue weighted by molar-refractivity contribution is 7.89. The number of carbonyl (C=O) groups excluding carboxylic acids is 1. The number of ketones is 1. The second-order valence-corrected chi connectivity index (χ2v) is 7.06. The zero-order chi connectivity index (χ0) is 14.4. The average Bonchev–Trinajstić information content (AvgIpc) is 1.78. The number of rotatable bonds is 0. The third-order valence-electron chi connectivity index (χ3n) is 0. The molecule has 0 aliphatic heterocycles. The molecule has 0 aromatic heterocycles. The molecule has 0 aromatic rings. The van der Waals surface area contributed by atoms with E-state index in [-0.39, 0.29) is 5.78 Å². The molecule has 5 nitrogen and oxygen atoms in total. The SMILES string of the molecule is CC(C)=O.CNC.CS(C)(=O)=O.CS(C)=O. The third-order valence-corrected chi connectivity index (χ3v) is 0. The number of sulfone groups is 1. The van der Waals surface area contributed by atoms with Crippen LogP contribution in [-0.2, 0) is 25.4 Å². The fourth-order valence-electron chi connectivity index (χ4n) is 0. The van der Waals surface area contributed by atoms with E-state index >= 15 is 0 Å². The Kier molecular flexibility index (Phi) is 26.6. The molecule has 0 rings (SSSR count). The van der Waals surface area contributed by atoms with Crippen molar-refractivity contribution < 1.29 is 17.4 Å². The smallest absolute Gasteiger partial charge is 0.144 e. The largest absolute Gasteiger partial charge is 0.323 e. The van der Waals surface area contributed by atoms with Gasteiger partial charge in [0.05, 0.1) is 0 Å². The van der Waals surface area contributed by atoms with E-state index in [0.717, 1.165) is 12.5 Å². The number of Topliss-reactive ketones (excluding diaryl/α,β-unsaturated/α-hetero) is 1. The molecule has 0 bridgehead atoms. The van der Waals surface area contributed by atoms with Gasteiger partial charge >= 0.3 is 0 Å². The fourth-order valence-corrected chi connectivity index (χ4v) is 0. The van der Waals surface area contributed by atoms with Gasteiger partial charge in [-0.05, 0) is 27.9 Å². The molecule has 0 saturated carbocycles. The Morgan fingerprint density at radius 2 is 1.06 bits per heavy atom. The summed E-state index contributed by atoms with van der Waals surface area (Å²) >= 11 is 0. The monoisotopic (exact) mass is 275 g/mol. The minimum absolute atomic E-state index is 0.167. The van der Waals surface area contributed by atoms with Crippen molar-refractivity contribution in [3.63, 3.8) is 0 Å². The molecule has 0 aliphatic carbocycles. The summed E-state index contributed by atoms with van der Waals surface area (Å²) in [6, 6.07) is 0. The summed E-state index contributed by atoms with van der Waals surface area (Å²) in [6.45, 7) is 3.06. The zero-order valence-electron chi connectivity index (χ0n) is 11.4. The van der Waals surface area contributed by atoms with Crippen molar-refractivity contribution in [3.05, 3.63) is 0 Å². The fraction of sp³-hybridized carbons (Fsp3) is 0.889. The number of nitrogens with one attached hydrogen (secondary N) is 1. The third kappa shape index (κ3) is 30500. The van der Waals surface area contributed by atoms with Crippen molar-refractivity contribution in [2.45, 2.75) is 13.8 Å². The second kappa shape index (κ2) is 17.1. The highest BCUT2D eigenvalue weighted by atomic mass is 32.2. The molecule has 0 fully saturated rings. The molecule has 0 aromatic carbocycles. The van der Waals surface area contributed by atoms with Crippen LogP contribution in [0.3, 0.4) is 0 Å². The summed E-state index contributed by atoms with van der Waals surface area (Å²) < 4.78 is 28.8. The molecule has 0 radical (unpaired) electrons. The van der Waals surface area contributed by atoms with Crippen molar-refractivity contribution in [1.82, 2.24) is 5.32 Å². The van der Waals surface area contributed by atoms with Crippen LogP contribution in [-0.4, -0.2) is 57.5 Å². The number of hydrogen-bond donors (Lipinski definition) is 1. The summed E-state index contributed by atoms with van der Waals surface area (Å²) in [4.78, 5) is 9.44. The maximum absolute atomic E-state index is 9.63. The second-order valence-electron chi connectivity index (χ2n) is 3.29. The van der Waals surface area contributed by atoms with Gasteiger partial charge in [-0.25, -0.2) is 8.42 Å². The van der Waals surface area contributed by atoms with Gasteiger partial charge < -0.3 is 10.1 Å². The Morgan fingerprint density at radius 3 is 1.06 bits per heavy atom. The lowest BCUT2D eigenvalue weighted by Gasteiger charge is -1.69.